The Morgan fingerprint density at radius 2 is 2.08 bits per heavy atom. The topological polar surface area (TPSA) is 95.4 Å². The van der Waals surface area contributed by atoms with Gasteiger partial charge in [-0.3, -0.25) is 4.79 Å². The van der Waals surface area contributed by atoms with Crippen LogP contribution in [0.5, 0.6) is 0 Å². The van der Waals surface area contributed by atoms with Crippen molar-refractivity contribution in [2.24, 2.45) is 11.5 Å². The Hall–Kier alpha value is -0.940. The summed E-state index contributed by atoms with van der Waals surface area (Å²) in [6, 6.07) is -0.738. The third-order valence-corrected chi connectivity index (χ3v) is 1.27. The highest BCUT2D eigenvalue weighted by Gasteiger charge is 2.15. The lowest BCUT2D eigenvalue weighted by Crippen LogP contribution is -2.33. The van der Waals surface area contributed by atoms with Crippen LogP contribution in [0, 0.1) is 0 Å². The molecule has 0 rings (SSSR count). The van der Waals surface area contributed by atoms with Crippen LogP contribution in [-0.2, 0) is 14.3 Å². The number of hydrogen-bond donors (Lipinski definition) is 2. The van der Waals surface area contributed by atoms with Gasteiger partial charge in [0.1, 0.15) is 6.04 Å². The number of hydrogen-bond acceptors (Lipinski definition) is 5. The molecule has 0 aromatic carbocycles. The summed E-state index contributed by atoms with van der Waals surface area (Å²) in [6.45, 7) is 1.63. The molecule has 0 fully saturated rings. The molecule has 0 radical (unpaired) electrons. The van der Waals surface area contributed by atoms with Gasteiger partial charge in [0.25, 0.3) is 0 Å². The van der Waals surface area contributed by atoms with E-state index < -0.39 is 18.0 Å². The van der Waals surface area contributed by atoms with Crippen molar-refractivity contribution >= 4 is 11.9 Å². The Morgan fingerprint density at radius 1 is 1.50 bits per heavy atom. The maximum Gasteiger partial charge on any atom is 0.330 e. The van der Waals surface area contributed by atoms with Crippen molar-refractivity contribution in [3.05, 3.63) is 0 Å². The fourth-order valence-electron chi connectivity index (χ4n) is 0.673. The first-order chi connectivity index (χ1) is 5.57. The Morgan fingerprint density at radius 3 is 2.50 bits per heavy atom. The fourth-order valence-corrected chi connectivity index (χ4v) is 0.673. The molecule has 0 heterocycles. The monoisotopic (exact) mass is 174 g/mol. The number of rotatable bonds is 4. The highest BCUT2D eigenvalue weighted by Crippen LogP contribution is 1.95. The molecular weight excluding hydrogens is 160 g/mol. The summed E-state index contributed by atoms with van der Waals surface area (Å²) in [6.07, 6.45) is 1.09. The molecule has 12 heavy (non-hydrogen) atoms. The van der Waals surface area contributed by atoms with E-state index in [4.69, 9.17) is 11.5 Å². The normalized spacial score (nSPS) is 12.2. The zero-order valence-electron chi connectivity index (χ0n) is 7.08. The Bertz CT molecular complexity index is 170. The van der Waals surface area contributed by atoms with Crippen LogP contribution in [-0.4, -0.2) is 24.5 Å². The van der Waals surface area contributed by atoms with Crippen LogP contribution < -0.4 is 11.5 Å². The van der Waals surface area contributed by atoms with E-state index >= 15 is 0 Å². The SMILES string of the molecule is CC(=O)OC(=O)[C@@H](N)CCCN. The van der Waals surface area contributed by atoms with Gasteiger partial charge in [-0.2, -0.15) is 0 Å². The van der Waals surface area contributed by atoms with E-state index in [1.807, 2.05) is 0 Å². The average molecular weight is 174 g/mol. The molecular formula is C7H14N2O3. The van der Waals surface area contributed by atoms with Crippen LogP contribution >= 0.6 is 0 Å². The summed E-state index contributed by atoms with van der Waals surface area (Å²) in [5.41, 5.74) is 10.6. The number of nitrogens with two attached hydrogens (primary N) is 2. The van der Waals surface area contributed by atoms with Gasteiger partial charge >= 0.3 is 11.9 Å². The predicted molar refractivity (Wildman–Crippen MR) is 43.0 cm³/mol. The second kappa shape index (κ2) is 5.68. The summed E-state index contributed by atoms with van der Waals surface area (Å²) < 4.78 is 4.27. The molecule has 0 aliphatic heterocycles. The van der Waals surface area contributed by atoms with E-state index in [9.17, 15) is 9.59 Å². The predicted octanol–water partition coefficient (Wildman–Crippen LogP) is -0.858. The maximum atomic E-state index is 10.9. The molecule has 5 heteroatoms. The fraction of sp³-hybridized carbons (Fsp3) is 0.714. The second-order valence-electron chi connectivity index (χ2n) is 2.45. The first kappa shape index (κ1) is 11.1. The smallest absolute Gasteiger partial charge is 0.330 e. The molecule has 0 spiro atoms. The highest BCUT2D eigenvalue weighted by molar-refractivity contribution is 5.87. The Kier molecular flexibility index (Phi) is 5.23. The maximum absolute atomic E-state index is 10.9. The van der Waals surface area contributed by atoms with Crippen molar-refractivity contribution in [3.8, 4) is 0 Å². The quantitative estimate of drug-likeness (QED) is 0.427. The van der Waals surface area contributed by atoms with Crippen LogP contribution in [0.3, 0.4) is 0 Å². The van der Waals surface area contributed by atoms with E-state index in [0.29, 0.717) is 19.4 Å². The highest BCUT2D eigenvalue weighted by atomic mass is 16.6. The minimum absolute atomic E-state index is 0.447. The summed E-state index contributed by atoms with van der Waals surface area (Å²) in [5.74, 6) is -1.32. The van der Waals surface area contributed by atoms with Gasteiger partial charge in [0.05, 0.1) is 0 Å². The molecule has 0 amide bonds. The standard InChI is InChI=1S/C7H14N2O3/c1-5(10)12-7(11)6(9)3-2-4-8/h6H,2-4,8-9H2,1H3/t6-/m0/s1. The molecule has 0 saturated carbocycles. The molecule has 0 aliphatic rings. The molecule has 0 aromatic heterocycles. The van der Waals surface area contributed by atoms with Crippen LogP contribution in [0.2, 0.25) is 0 Å². The van der Waals surface area contributed by atoms with Gasteiger partial charge in [0.2, 0.25) is 0 Å². The number of ether oxygens (including phenoxy) is 1. The van der Waals surface area contributed by atoms with Gasteiger partial charge in [0.15, 0.2) is 0 Å². The lowest BCUT2D eigenvalue weighted by Gasteiger charge is -2.07. The van der Waals surface area contributed by atoms with E-state index in [1.54, 1.807) is 0 Å². The molecule has 0 aromatic rings. The third-order valence-electron chi connectivity index (χ3n) is 1.27. The average Bonchev–Trinajstić information content (AvgIpc) is 1.98. The molecule has 0 unspecified atom stereocenters. The molecule has 0 bridgehead atoms. The summed E-state index contributed by atoms with van der Waals surface area (Å²) >= 11 is 0. The zero-order valence-corrected chi connectivity index (χ0v) is 7.08. The first-order valence-corrected chi connectivity index (χ1v) is 3.76. The first-order valence-electron chi connectivity index (χ1n) is 3.76. The summed E-state index contributed by atoms with van der Waals surface area (Å²) in [7, 11) is 0. The minimum Gasteiger partial charge on any atom is -0.392 e. The van der Waals surface area contributed by atoms with E-state index in [-0.39, 0.29) is 0 Å². The van der Waals surface area contributed by atoms with Gasteiger partial charge < -0.3 is 16.2 Å². The number of carbonyl (C=O) groups is 2. The molecule has 0 aliphatic carbocycles. The van der Waals surface area contributed by atoms with E-state index in [0.717, 1.165) is 6.92 Å². The van der Waals surface area contributed by atoms with Crippen molar-refractivity contribution in [2.45, 2.75) is 25.8 Å². The number of esters is 2. The molecule has 4 N–H and O–H groups in total. The Labute approximate surface area is 71.0 Å². The third kappa shape index (κ3) is 4.81. The van der Waals surface area contributed by atoms with Crippen LogP contribution in [0.15, 0.2) is 0 Å². The van der Waals surface area contributed by atoms with Gasteiger partial charge in [-0.05, 0) is 19.4 Å². The van der Waals surface area contributed by atoms with Gasteiger partial charge in [-0.25, -0.2) is 4.79 Å². The van der Waals surface area contributed by atoms with Crippen molar-refractivity contribution in [1.82, 2.24) is 0 Å². The minimum atomic E-state index is -0.738. The summed E-state index contributed by atoms with van der Waals surface area (Å²) in [4.78, 5) is 21.2. The molecule has 70 valence electrons. The van der Waals surface area contributed by atoms with Gasteiger partial charge in [-0.1, -0.05) is 0 Å². The van der Waals surface area contributed by atoms with Crippen LogP contribution in [0.25, 0.3) is 0 Å². The molecule has 0 saturated heterocycles. The van der Waals surface area contributed by atoms with Crippen molar-refractivity contribution in [3.63, 3.8) is 0 Å². The largest absolute Gasteiger partial charge is 0.392 e. The van der Waals surface area contributed by atoms with Gasteiger partial charge in [-0.15, -0.1) is 0 Å². The Balaban J connectivity index is 3.69. The van der Waals surface area contributed by atoms with Crippen molar-refractivity contribution in [1.29, 1.82) is 0 Å². The van der Waals surface area contributed by atoms with E-state index in [1.165, 1.54) is 0 Å². The zero-order chi connectivity index (χ0) is 9.56. The molecule has 1 atom stereocenters. The van der Waals surface area contributed by atoms with Gasteiger partial charge in [0, 0.05) is 6.92 Å². The van der Waals surface area contributed by atoms with Crippen molar-refractivity contribution < 1.29 is 14.3 Å². The van der Waals surface area contributed by atoms with E-state index in [2.05, 4.69) is 4.74 Å². The molecule has 5 nitrogen and oxygen atoms in total. The lowest BCUT2D eigenvalue weighted by molar-refractivity contribution is -0.159. The van der Waals surface area contributed by atoms with Crippen LogP contribution in [0.4, 0.5) is 0 Å². The summed E-state index contributed by atoms with van der Waals surface area (Å²) in [5, 5.41) is 0. The van der Waals surface area contributed by atoms with Crippen LogP contribution in [0.1, 0.15) is 19.8 Å². The van der Waals surface area contributed by atoms with Crippen molar-refractivity contribution in [2.75, 3.05) is 6.54 Å². The lowest BCUT2D eigenvalue weighted by atomic mass is 10.2. The second-order valence-corrected chi connectivity index (χ2v) is 2.45. The number of carbonyl (C=O) groups excluding carboxylic acids is 2.